The molecule has 0 fully saturated rings. The van der Waals surface area contributed by atoms with Crippen LogP contribution >= 0.6 is 0 Å². The molecule has 5 aromatic rings. The first-order valence-corrected chi connectivity index (χ1v) is 16.3. The van der Waals surface area contributed by atoms with E-state index in [-0.39, 0.29) is 5.41 Å². The predicted octanol–water partition coefficient (Wildman–Crippen LogP) is 11.4. The Bertz CT molecular complexity index is 2210. The fourth-order valence-corrected chi connectivity index (χ4v) is 8.03. The summed E-state index contributed by atoms with van der Waals surface area (Å²) in [5.41, 5.74) is 14.3. The van der Waals surface area contributed by atoms with Crippen LogP contribution in [0.4, 0.5) is 11.4 Å². The van der Waals surface area contributed by atoms with Crippen molar-refractivity contribution in [2.75, 3.05) is 4.90 Å². The van der Waals surface area contributed by atoms with Gasteiger partial charge in [0.1, 0.15) is 0 Å². The fourth-order valence-electron chi connectivity index (χ4n) is 8.03. The summed E-state index contributed by atoms with van der Waals surface area (Å²) in [5.74, 6) is 0.422. The lowest BCUT2D eigenvalue weighted by molar-refractivity contribution is 0.584. The van der Waals surface area contributed by atoms with Crippen LogP contribution in [0, 0.1) is 5.92 Å². The lowest BCUT2D eigenvalue weighted by Crippen LogP contribution is -2.36. The summed E-state index contributed by atoms with van der Waals surface area (Å²) in [6, 6.07) is 34.0. The molecule has 1 aromatic heterocycles. The average molecular weight is 581 g/mol. The van der Waals surface area contributed by atoms with Crippen molar-refractivity contribution in [2.24, 2.45) is 5.92 Å². The summed E-state index contributed by atoms with van der Waals surface area (Å²) >= 11 is 0. The summed E-state index contributed by atoms with van der Waals surface area (Å²) in [4.78, 5) is 2.53. The van der Waals surface area contributed by atoms with Gasteiger partial charge in [-0.15, -0.1) is 0 Å². The zero-order valence-corrected chi connectivity index (χ0v) is 25.9. The maximum atomic E-state index is 2.53. The van der Waals surface area contributed by atoms with Gasteiger partial charge in [-0.25, -0.2) is 0 Å². The van der Waals surface area contributed by atoms with Crippen molar-refractivity contribution in [3.63, 3.8) is 0 Å². The van der Waals surface area contributed by atoms with E-state index in [9.17, 15) is 0 Å². The zero-order chi connectivity index (χ0) is 30.1. The van der Waals surface area contributed by atoms with E-state index in [1.165, 1.54) is 72.4 Å². The SMILES string of the molecule is CC1(C)C2=C(CC3C=CC=CC3=C2)N(c2ccccc2)c2ccc(-c3ccc4c(c3)c3ccccc3n4C3=CCCC=C3)cc21. The Morgan fingerprint density at radius 2 is 1.53 bits per heavy atom. The first-order chi connectivity index (χ1) is 22.1. The maximum absolute atomic E-state index is 2.53. The van der Waals surface area contributed by atoms with E-state index in [1.54, 1.807) is 0 Å². The number of anilines is 2. The molecule has 1 unspecified atom stereocenters. The Morgan fingerprint density at radius 1 is 0.733 bits per heavy atom. The van der Waals surface area contributed by atoms with Crippen LogP contribution in [-0.4, -0.2) is 4.57 Å². The summed E-state index contributed by atoms with van der Waals surface area (Å²) in [6.07, 6.45) is 21.7. The van der Waals surface area contributed by atoms with Gasteiger partial charge >= 0.3 is 0 Å². The molecule has 2 nitrogen and oxygen atoms in total. The van der Waals surface area contributed by atoms with Crippen LogP contribution in [0.2, 0.25) is 0 Å². The van der Waals surface area contributed by atoms with Crippen molar-refractivity contribution in [3.8, 4) is 11.1 Å². The number of para-hydroxylation sites is 2. The van der Waals surface area contributed by atoms with E-state index in [2.05, 4.69) is 163 Å². The fraction of sp³-hybridized carbons (Fsp3) is 0.163. The predicted molar refractivity (Wildman–Crippen MR) is 191 cm³/mol. The van der Waals surface area contributed by atoms with Crippen molar-refractivity contribution in [2.45, 2.75) is 38.5 Å². The van der Waals surface area contributed by atoms with Crippen molar-refractivity contribution in [3.05, 3.63) is 162 Å². The Hall–Kier alpha value is -5.08. The van der Waals surface area contributed by atoms with Crippen LogP contribution in [0.5, 0.6) is 0 Å². The van der Waals surface area contributed by atoms with Gasteiger partial charge in [-0.05, 0) is 95.6 Å². The number of fused-ring (bicyclic) bond motifs is 5. The molecule has 3 aliphatic carbocycles. The minimum absolute atomic E-state index is 0.140. The number of hydrogen-bond donors (Lipinski definition) is 0. The molecule has 1 aliphatic heterocycles. The molecule has 0 spiro atoms. The Labute approximate surface area is 265 Å². The number of aromatic nitrogens is 1. The van der Waals surface area contributed by atoms with E-state index in [0.29, 0.717) is 5.92 Å². The molecule has 0 amide bonds. The Kier molecular flexibility index (Phi) is 5.83. The summed E-state index contributed by atoms with van der Waals surface area (Å²) in [7, 11) is 0. The summed E-state index contributed by atoms with van der Waals surface area (Å²) in [5, 5.41) is 2.60. The van der Waals surface area contributed by atoms with Gasteiger partial charge in [-0.1, -0.05) is 105 Å². The topological polar surface area (TPSA) is 8.17 Å². The highest BCUT2D eigenvalue weighted by atomic mass is 15.2. The van der Waals surface area contributed by atoms with Gasteiger partial charge in [-0.3, -0.25) is 0 Å². The van der Waals surface area contributed by atoms with E-state index >= 15 is 0 Å². The molecule has 2 heterocycles. The van der Waals surface area contributed by atoms with Crippen LogP contribution in [0.25, 0.3) is 38.6 Å². The minimum atomic E-state index is -0.140. The lowest BCUT2D eigenvalue weighted by Gasteiger charge is -2.46. The van der Waals surface area contributed by atoms with E-state index in [4.69, 9.17) is 0 Å². The van der Waals surface area contributed by atoms with Crippen LogP contribution in [-0.2, 0) is 5.41 Å². The number of benzene rings is 4. The number of rotatable bonds is 3. The van der Waals surface area contributed by atoms with Crippen LogP contribution < -0.4 is 4.90 Å². The molecule has 0 radical (unpaired) electrons. The van der Waals surface area contributed by atoms with Gasteiger partial charge in [0.25, 0.3) is 0 Å². The molecule has 218 valence electrons. The third kappa shape index (κ3) is 4.02. The van der Waals surface area contributed by atoms with E-state index in [0.717, 1.165) is 19.3 Å². The largest absolute Gasteiger partial charge is 0.314 e. The maximum Gasteiger partial charge on any atom is 0.0541 e. The average Bonchev–Trinajstić information content (AvgIpc) is 3.42. The van der Waals surface area contributed by atoms with Crippen molar-refractivity contribution >= 4 is 38.9 Å². The Morgan fingerprint density at radius 3 is 2.40 bits per heavy atom. The van der Waals surface area contributed by atoms with Crippen LogP contribution in [0.3, 0.4) is 0 Å². The first kappa shape index (κ1) is 26.3. The monoisotopic (exact) mass is 580 g/mol. The summed E-state index contributed by atoms with van der Waals surface area (Å²) < 4.78 is 2.44. The highest BCUT2D eigenvalue weighted by Gasteiger charge is 2.41. The molecule has 1 atom stereocenters. The summed E-state index contributed by atoms with van der Waals surface area (Å²) in [6.45, 7) is 4.82. The normalized spacial score (nSPS) is 19.8. The second-order valence-electron chi connectivity index (χ2n) is 13.3. The number of nitrogens with zero attached hydrogens (tertiary/aromatic N) is 2. The molecular formula is C43H36N2. The highest BCUT2D eigenvalue weighted by molar-refractivity contribution is 6.11. The molecule has 0 N–H and O–H groups in total. The molecule has 0 saturated carbocycles. The lowest BCUT2D eigenvalue weighted by atomic mass is 9.68. The molecule has 9 rings (SSSR count). The quantitative estimate of drug-likeness (QED) is 0.206. The van der Waals surface area contributed by atoms with E-state index in [1.807, 2.05) is 0 Å². The second-order valence-corrected chi connectivity index (χ2v) is 13.3. The Balaban J connectivity index is 1.22. The highest BCUT2D eigenvalue weighted by Crippen LogP contribution is 2.53. The number of hydrogen-bond acceptors (Lipinski definition) is 1. The molecule has 4 aliphatic rings. The first-order valence-electron chi connectivity index (χ1n) is 16.3. The van der Waals surface area contributed by atoms with Gasteiger partial charge < -0.3 is 9.47 Å². The van der Waals surface area contributed by atoms with E-state index < -0.39 is 0 Å². The molecule has 0 saturated heterocycles. The molecule has 45 heavy (non-hydrogen) atoms. The van der Waals surface area contributed by atoms with Gasteiger partial charge in [0.15, 0.2) is 0 Å². The molecular weight excluding hydrogens is 544 g/mol. The van der Waals surface area contributed by atoms with Crippen LogP contribution in [0.15, 0.2) is 156 Å². The standard InChI is InChI=1S/C43H36N2/c1-43(2)37-27-32(31-21-23-40-36(25-31)35-19-11-12-20-39(35)44(40)33-15-5-3-6-16-33)22-24-41(37)45(34-17-7-4-8-18-34)42-28-30-14-10-9-13-29(30)26-38(42)43/h4-5,7-27,30H,3,6,28H2,1-2H3. The molecule has 2 heteroatoms. The second kappa shape index (κ2) is 9.97. The zero-order valence-electron chi connectivity index (χ0n) is 25.9. The van der Waals surface area contributed by atoms with Gasteiger partial charge in [0.05, 0.1) is 11.0 Å². The van der Waals surface area contributed by atoms with Crippen molar-refractivity contribution in [1.82, 2.24) is 4.57 Å². The smallest absolute Gasteiger partial charge is 0.0541 e. The molecule has 4 aromatic carbocycles. The van der Waals surface area contributed by atoms with Crippen LogP contribution in [0.1, 0.15) is 38.7 Å². The van der Waals surface area contributed by atoms with Crippen molar-refractivity contribution < 1.29 is 0 Å². The van der Waals surface area contributed by atoms with Gasteiger partial charge in [0, 0.05) is 44.9 Å². The minimum Gasteiger partial charge on any atom is -0.314 e. The third-order valence-electron chi connectivity index (χ3n) is 10.3. The van der Waals surface area contributed by atoms with Gasteiger partial charge in [0.2, 0.25) is 0 Å². The third-order valence-corrected chi connectivity index (χ3v) is 10.3. The number of allylic oxidation sites excluding steroid dienone is 12. The van der Waals surface area contributed by atoms with Crippen molar-refractivity contribution in [1.29, 1.82) is 0 Å². The molecule has 0 bridgehead atoms. The van der Waals surface area contributed by atoms with Gasteiger partial charge in [-0.2, -0.15) is 0 Å².